The van der Waals surface area contributed by atoms with Crippen molar-refractivity contribution in [2.45, 2.75) is 52.0 Å². The highest BCUT2D eigenvalue weighted by Gasteiger charge is 2.30. The van der Waals surface area contributed by atoms with Crippen molar-refractivity contribution in [1.82, 2.24) is 15.5 Å². The summed E-state index contributed by atoms with van der Waals surface area (Å²) < 4.78 is 0. The number of carbonyl (C=O) groups is 3. The number of nitrogens with one attached hydrogen (secondary N) is 2. The summed E-state index contributed by atoms with van der Waals surface area (Å²) in [5.74, 6) is -0.00446. The summed E-state index contributed by atoms with van der Waals surface area (Å²) in [5, 5.41) is 5.52. The molecule has 20 heavy (non-hydrogen) atoms. The van der Waals surface area contributed by atoms with E-state index in [1.165, 1.54) is 6.92 Å². The molecule has 0 aliphatic carbocycles. The smallest absolute Gasteiger partial charge is 0.242 e. The van der Waals surface area contributed by atoms with Gasteiger partial charge < -0.3 is 15.5 Å². The molecule has 1 atom stereocenters. The Kier molecular flexibility index (Phi) is 7.04. The first kappa shape index (κ1) is 16.5. The molecule has 1 fully saturated rings. The Bertz CT molecular complexity index is 358. The summed E-state index contributed by atoms with van der Waals surface area (Å²) in [7, 11) is 0. The summed E-state index contributed by atoms with van der Waals surface area (Å²) >= 11 is 0. The van der Waals surface area contributed by atoms with Crippen molar-refractivity contribution in [1.29, 1.82) is 0 Å². The number of piperazine rings is 1. The lowest BCUT2D eigenvalue weighted by molar-refractivity contribution is -0.143. The van der Waals surface area contributed by atoms with Gasteiger partial charge in [-0.1, -0.05) is 13.3 Å². The molecule has 0 aromatic carbocycles. The molecule has 6 nitrogen and oxygen atoms in total. The Balaban J connectivity index is 2.24. The van der Waals surface area contributed by atoms with Gasteiger partial charge in [-0.15, -0.1) is 0 Å². The minimum atomic E-state index is -0.310. The van der Waals surface area contributed by atoms with Crippen LogP contribution < -0.4 is 10.6 Å². The largest absolute Gasteiger partial charge is 0.356 e. The highest BCUT2D eigenvalue weighted by atomic mass is 16.2. The van der Waals surface area contributed by atoms with Crippen LogP contribution in [0.25, 0.3) is 0 Å². The van der Waals surface area contributed by atoms with Gasteiger partial charge in [-0.3, -0.25) is 14.4 Å². The lowest BCUT2D eigenvalue weighted by atomic mass is 10.1. The van der Waals surface area contributed by atoms with E-state index in [1.807, 2.05) is 6.92 Å². The van der Waals surface area contributed by atoms with Gasteiger partial charge in [-0.25, -0.2) is 0 Å². The van der Waals surface area contributed by atoms with E-state index in [4.69, 9.17) is 0 Å². The molecule has 1 rings (SSSR count). The van der Waals surface area contributed by atoms with Gasteiger partial charge in [0.2, 0.25) is 17.7 Å². The van der Waals surface area contributed by atoms with Crippen LogP contribution in [0.3, 0.4) is 0 Å². The molecule has 1 saturated heterocycles. The summed E-state index contributed by atoms with van der Waals surface area (Å²) in [4.78, 5) is 36.2. The van der Waals surface area contributed by atoms with Gasteiger partial charge in [0, 0.05) is 33.0 Å². The molecule has 1 heterocycles. The van der Waals surface area contributed by atoms with Crippen molar-refractivity contribution in [3.05, 3.63) is 0 Å². The van der Waals surface area contributed by atoms with Gasteiger partial charge in [0.15, 0.2) is 0 Å². The van der Waals surface area contributed by atoms with Crippen molar-refractivity contribution in [3.8, 4) is 0 Å². The number of amides is 3. The fourth-order valence-corrected chi connectivity index (χ4v) is 2.41. The molecule has 0 bridgehead atoms. The van der Waals surface area contributed by atoms with E-state index in [0.29, 0.717) is 32.5 Å². The molecule has 0 saturated carbocycles. The number of carbonyl (C=O) groups excluding carboxylic acids is 3. The highest BCUT2D eigenvalue weighted by molar-refractivity contribution is 5.88. The first-order valence-corrected chi connectivity index (χ1v) is 7.38. The normalized spacial score (nSPS) is 18.6. The molecule has 0 spiro atoms. The van der Waals surface area contributed by atoms with E-state index >= 15 is 0 Å². The molecular formula is C14H25N3O3. The monoisotopic (exact) mass is 283 g/mol. The van der Waals surface area contributed by atoms with Crippen molar-refractivity contribution in [2.24, 2.45) is 0 Å². The topological polar surface area (TPSA) is 78.5 Å². The van der Waals surface area contributed by atoms with Crippen molar-refractivity contribution in [3.63, 3.8) is 0 Å². The Morgan fingerprint density at radius 2 is 2.10 bits per heavy atom. The Hall–Kier alpha value is -1.59. The number of rotatable bonds is 7. The summed E-state index contributed by atoms with van der Waals surface area (Å²) in [6, 6.07) is -0.310. The molecule has 2 N–H and O–H groups in total. The molecule has 0 aromatic rings. The maximum Gasteiger partial charge on any atom is 0.242 e. The first-order chi connectivity index (χ1) is 9.56. The van der Waals surface area contributed by atoms with E-state index in [0.717, 1.165) is 19.3 Å². The van der Waals surface area contributed by atoms with Gasteiger partial charge in [0.25, 0.3) is 0 Å². The van der Waals surface area contributed by atoms with E-state index in [1.54, 1.807) is 4.90 Å². The molecule has 114 valence electrons. The van der Waals surface area contributed by atoms with Gasteiger partial charge >= 0.3 is 0 Å². The zero-order valence-corrected chi connectivity index (χ0v) is 12.4. The fourth-order valence-electron chi connectivity index (χ4n) is 2.41. The maximum absolute atomic E-state index is 12.1. The van der Waals surface area contributed by atoms with Crippen molar-refractivity contribution >= 4 is 17.7 Å². The predicted molar refractivity (Wildman–Crippen MR) is 76.0 cm³/mol. The number of nitrogens with zero attached hydrogens (tertiary/aromatic N) is 1. The number of hydrogen-bond donors (Lipinski definition) is 2. The molecule has 1 unspecified atom stereocenters. The van der Waals surface area contributed by atoms with Gasteiger partial charge in [0.05, 0.1) is 0 Å². The lowest BCUT2D eigenvalue weighted by Gasteiger charge is -2.34. The van der Waals surface area contributed by atoms with Crippen LogP contribution in [0.2, 0.25) is 0 Å². The predicted octanol–water partition coefficient (Wildman–Crippen LogP) is 0.420. The molecule has 1 aliphatic rings. The minimum Gasteiger partial charge on any atom is -0.356 e. The summed E-state index contributed by atoms with van der Waals surface area (Å²) in [5.41, 5.74) is 0. The van der Waals surface area contributed by atoms with E-state index in [9.17, 15) is 14.4 Å². The van der Waals surface area contributed by atoms with Gasteiger partial charge in [0.1, 0.15) is 6.04 Å². The van der Waals surface area contributed by atoms with Gasteiger partial charge in [-0.2, -0.15) is 0 Å². The second kappa shape index (κ2) is 8.55. The maximum atomic E-state index is 12.1. The molecule has 1 aliphatic heterocycles. The first-order valence-electron chi connectivity index (χ1n) is 7.38. The third-order valence-corrected chi connectivity index (χ3v) is 3.48. The van der Waals surface area contributed by atoms with Crippen LogP contribution in [0.15, 0.2) is 0 Å². The molecule has 3 amide bonds. The van der Waals surface area contributed by atoms with Gasteiger partial charge in [-0.05, 0) is 19.3 Å². The zero-order valence-electron chi connectivity index (χ0n) is 12.4. The Labute approximate surface area is 120 Å². The van der Waals surface area contributed by atoms with Crippen LogP contribution in [0.5, 0.6) is 0 Å². The standard InChI is InChI=1S/C14H25N3O3/c1-3-12-14(20)16-9-10-17(12)13(19)7-5-4-6-8-15-11(2)18/h12H,3-10H2,1-2H3,(H,15,18)(H,16,20). The Morgan fingerprint density at radius 1 is 1.35 bits per heavy atom. The second-order valence-electron chi connectivity index (χ2n) is 5.10. The van der Waals surface area contributed by atoms with Crippen molar-refractivity contribution in [2.75, 3.05) is 19.6 Å². The average molecular weight is 283 g/mol. The summed E-state index contributed by atoms with van der Waals surface area (Å²) in [6.45, 7) is 5.23. The van der Waals surface area contributed by atoms with Crippen molar-refractivity contribution < 1.29 is 14.4 Å². The fraction of sp³-hybridized carbons (Fsp3) is 0.786. The molecular weight excluding hydrogens is 258 g/mol. The van der Waals surface area contributed by atoms with E-state index in [-0.39, 0.29) is 23.8 Å². The SMILES string of the molecule is CCC1C(=O)NCCN1C(=O)CCCCCNC(C)=O. The quantitative estimate of drug-likeness (QED) is 0.665. The second-order valence-corrected chi connectivity index (χ2v) is 5.10. The molecule has 0 aromatic heterocycles. The van der Waals surface area contributed by atoms with E-state index < -0.39 is 0 Å². The third kappa shape index (κ3) is 5.19. The molecule has 0 radical (unpaired) electrons. The molecule has 6 heteroatoms. The van der Waals surface area contributed by atoms with Crippen LogP contribution in [-0.4, -0.2) is 48.3 Å². The van der Waals surface area contributed by atoms with Crippen LogP contribution >= 0.6 is 0 Å². The minimum absolute atomic E-state index is 0.0220. The van der Waals surface area contributed by atoms with Crippen LogP contribution in [-0.2, 0) is 14.4 Å². The summed E-state index contributed by atoms with van der Waals surface area (Å²) in [6.07, 6.45) is 3.71. The Morgan fingerprint density at radius 3 is 2.75 bits per heavy atom. The van der Waals surface area contributed by atoms with Crippen LogP contribution in [0, 0.1) is 0 Å². The number of unbranched alkanes of at least 4 members (excludes halogenated alkanes) is 2. The highest BCUT2D eigenvalue weighted by Crippen LogP contribution is 2.12. The van der Waals surface area contributed by atoms with E-state index in [2.05, 4.69) is 10.6 Å². The zero-order chi connectivity index (χ0) is 15.0. The average Bonchev–Trinajstić information content (AvgIpc) is 2.41. The lowest BCUT2D eigenvalue weighted by Crippen LogP contribution is -2.56. The van der Waals surface area contributed by atoms with Crippen LogP contribution in [0.4, 0.5) is 0 Å². The third-order valence-electron chi connectivity index (χ3n) is 3.48. The number of hydrogen-bond acceptors (Lipinski definition) is 3. The van der Waals surface area contributed by atoms with Crippen LogP contribution in [0.1, 0.15) is 46.0 Å².